The van der Waals surface area contributed by atoms with Crippen molar-refractivity contribution in [1.29, 1.82) is 0 Å². The quantitative estimate of drug-likeness (QED) is 0.295. The van der Waals surface area contributed by atoms with Crippen LogP contribution in [0.15, 0.2) is 71.9 Å². The van der Waals surface area contributed by atoms with Gasteiger partial charge in [0.2, 0.25) is 0 Å². The van der Waals surface area contributed by atoms with Crippen LogP contribution in [-0.4, -0.2) is 32.7 Å². The smallest absolute Gasteiger partial charge is 0.163 e. The molecule has 0 radical (unpaired) electrons. The maximum Gasteiger partial charge on any atom is 0.163 e. The molecule has 0 saturated heterocycles. The number of Topliss-reactive ketones (excluding diaryl/α,β-unsaturated/α-hetero) is 1. The maximum absolute atomic E-state index is 14.0. The summed E-state index contributed by atoms with van der Waals surface area (Å²) in [5.41, 5.74) is 5.55. The van der Waals surface area contributed by atoms with Crippen LogP contribution >= 0.6 is 0 Å². The second kappa shape index (κ2) is 11.9. The van der Waals surface area contributed by atoms with E-state index in [1.165, 1.54) is 0 Å². The molecular weight excluding hydrogens is 504 g/mol. The third-order valence-electron chi connectivity index (χ3n) is 7.31. The molecule has 5 rings (SSSR count). The lowest BCUT2D eigenvalue weighted by Gasteiger charge is -2.30. The first kappa shape index (κ1) is 27.4. The zero-order valence-electron chi connectivity index (χ0n) is 23.9. The second-order valence-electron chi connectivity index (χ2n) is 10.5. The minimum Gasteiger partial charge on any atom is -0.493 e. The number of ether oxygens (including phenoxy) is 4. The van der Waals surface area contributed by atoms with Gasteiger partial charge < -0.3 is 29.6 Å². The molecule has 0 fully saturated rings. The van der Waals surface area contributed by atoms with Crippen LogP contribution < -0.4 is 29.6 Å². The van der Waals surface area contributed by atoms with Crippen molar-refractivity contribution in [3.63, 3.8) is 0 Å². The highest BCUT2D eigenvalue weighted by atomic mass is 16.5. The fraction of sp³-hybridized carbons (Fsp3) is 0.364. The molecule has 2 unspecified atom stereocenters. The lowest BCUT2D eigenvalue weighted by atomic mass is 9.78. The van der Waals surface area contributed by atoms with Gasteiger partial charge in [-0.25, -0.2) is 0 Å². The Bertz CT molecular complexity index is 1410. The van der Waals surface area contributed by atoms with Gasteiger partial charge >= 0.3 is 0 Å². The number of fused-ring (bicyclic) bond motifs is 1. The van der Waals surface area contributed by atoms with E-state index in [0.717, 1.165) is 40.2 Å². The Morgan fingerprint density at radius 1 is 0.850 bits per heavy atom. The highest BCUT2D eigenvalue weighted by molar-refractivity contribution is 6.01. The van der Waals surface area contributed by atoms with Crippen molar-refractivity contribution >= 4 is 17.2 Å². The normalized spacial score (nSPS) is 18.2. The number of nitrogens with one attached hydrogen (secondary N) is 2. The van der Waals surface area contributed by atoms with Gasteiger partial charge in [0, 0.05) is 17.7 Å². The minimum atomic E-state index is -0.343. The lowest BCUT2D eigenvalue weighted by molar-refractivity contribution is -0.116. The summed E-state index contributed by atoms with van der Waals surface area (Å²) in [5.74, 6) is 2.84. The molecule has 0 amide bonds. The first-order valence-electron chi connectivity index (χ1n) is 14.0. The van der Waals surface area contributed by atoms with Gasteiger partial charge in [0.1, 0.15) is 0 Å². The van der Waals surface area contributed by atoms with Crippen LogP contribution in [0.5, 0.6) is 23.0 Å². The summed E-state index contributed by atoms with van der Waals surface area (Å²) in [4.78, 5) is 14.0. The third kappa shape index (κ3) is 5.60. The Hall–Kier alpha value is -4.13. The van der Waals surface area contributed by atoms with Crippen molar-refractivity contribution in [3.8, 4) is 23.0 Å². The minimum absolute atomic E-state index is 0.00557. The maximum atomic E-state index is 14.0. The molecule has 3 aromatic rings. The summed E-state index contributed by atoms with van der Waals surface area (Å²) in [6, 6.07) is 19.6. The van der Waals surface area contributed by atoms with Crippen LogP contribution in [-0.2, 0) is 4.79 Å². The molecule has 1 aliphatic heterocycles. The highest BCUT2D eigenvalue weighted by Crippen LogP contribution is 2.46. The van der Waals surface area contributed by atoms with Gasteiger partial charge in [0.15, 0.2) is 28.8 Å². The summed E-state index contributed by atoms with van der Waals surface area (Å²) in [7, 11) is 3.29. The number of hydrogen-bond donors (Lipinski definition) is 2. The van der Waals surface area contributed by atoms with E-state index >= 15 is 0 Å². The van der Waals surface area contributed by atoms with Crippen LogP contribution in [0.2, 0.25) is 0 Å². The predicted molar refractivity (Wildman–Crippen MR) is 158 cm³/mol. The fourth-order valence-corrected chi connectivity index (χ4v) is 5.46. The molecule has 210 valence electrons. The number of para-hydroxylation sites is 2. The van der Waals surface area contributed by atoms with Crippen molar-refractivity contribution in [2.45, 2.75) is 58.1 Å². The van der Waals surface area contributed by atoms with E-state index in [0.29, 0.717) is 42.4 Å². The van der Waals surface area contributed by atoms with Gasteiger partial charge in [0.05, 0.1) is 44.3 Å². The van der Waals surface area contributed by atoms with E-state index in [1.54, 1.807) is 14.2 Å². The molecule has 2 N–H and O–H groups in total. The number of allylic oxidation sites excluding steroid dienone is 1. The Morgan fingerprint density at radius 3 is 2.25 bits per heavy atom. The van der Waals surface area contributed by atoms with Gasteiger partial charge in [-0.2, -0.15) is 0 Å². The molecule has 7 heteroatoms. The molecule has 0 spiro atoms. The van der Waals surface area contributed by atoms with Crippen molar-refractivity contribution < 1.29 is 23.7 Å². The number of carbonyl (C=O) groups excluding carboxylic acids is 1. The van der Waals surface area contributed by atoms with E-state index in [9.17, 15) is 4.79 Å². The number of benzene rings is 3. The van der Waals surface area contributed by atoms with E-state index in [1.807, 2.05) is 74.5 Å². The zero-order valence-corrected chi connectivity index (χ0v) is 23.9. The van der Waals surface area contributed by atoms with Gasteiger partial charge in [-0.05, 0) is 80.1 Å². The van der Waals surface area contributed by atoms with Crippen LogP contribution in [0, 0.1) is 0 Å². The predicted octanol–water partition coefficient (Wildman–Crippen LogP) is 7.26. The second-order valence-corrected chi connectivity index (χ2v) is 10.5. The summed E-state index contributed by atoms with van der Waals surface area (Å²) >= 11 is 0. The average molecular weight is 543 g/mol. The summed E-state index contributed by atoms with van der Waals surface area (Å²) < 4.78 is 23.1. The average Bonchev–Trinajstić information content (AvgIpc) is 3.13. The number of anilines is 2. The fourth-order valence-electron chi connectivity index (χ4n) is 5.46. The number of rotatable bonds is 9. The molecule has 1 heterocycles. The topological polar surface area (TPSA) is 78.1 Å². The summed E-state index contributed by atoms with van der Waals surface area (Å²) in [5, 5.41) is 7.25. The van der Waals surface area contributed by atoms with Crippen LogP contribution in [0.4, 0.5) is 11.4 Å². The number of hydrogen-bond acceptors (Lipinski definition) is 7. The van der Waals surface area contributed by atoms with E-state index in [4.69, 9.17) is 18.9 Å². The first-order chi connectivity index (χ1) is 19.4. The lowest BCUT2D eigenvalue weighted by Crippen LogP contribution is -2.27. The van der Waals surface area contributed by atoms with E-state index in [-0.39, 0.29) is 23.8 Å². The van der Waals surface area contributed by atoms with Crippen LogP contribution in [0.1, 0.15) is 63.1 Å². The summed E-state index contributed by atoms with van der Waals surface area (Å²) in [6.07, 6.45) is 2.03. The van der Waals surface area contributed by atoms with E-state index < -0.39 is 0 Å². The Kier molecular flexibility index (Phi) is 8.19. The molecule has 40 heavy (non-hydrogen) atoms. The number of ketones is 1. The van der Waals surface area contributed by atoms with Gasteiger partial charge in [-0.3, -0.25) is 4.79 Å². The third-order valence-corrected chi connectivity index (χ3v) is 7.31. The first-order valence-corrected chi connectivity index (χ1v) is 14.0. The van der Waals surface area contributed by atoms with Crippen molar-refractivity contribution in [2.75, 3.05) is 31.5 Å². The van der Waals surface area contributed by atoms with Gasteiger partial charge in [-0.15, -0.1) is 0 Å². The van der Waals surface area contributed by atoms with Crippen LogP contribution in [0.25, 0.3) is 0 Å². The number of carbonyl (C=O) groups is 1. The molecule has 0 bridgehead atoms. The zero-order chi connectivity index (χ0) is 28.2. The molecular formula is C33H38N2O5. The molecule has 1 aliphatic carbocycles. The molecule has 0 aromatic heterocycles. The standard InChI is InChI=1S/C33H38N2O5/c1-6-15-39-28-13-12-22(19-30(28)37-4)33-32-26(34-24-9-7-8-10-25(24)35-33)16-23(17-27(32)36)21-11-14-29(40-20(2)3)31(18-21)38-5/h7-14,18-20,23,33-35H,6,15-17H2,1-5H3. The van der Waals surface area contributed by atoms with Crippen LogP contribution in [0.3, 0.4) is 0 Å². The van der Waals surface area contributed by atoms with E-state index in [2.05, 4.69) is 17.6 Å². The Morgan fingerprint density at radius 2 is 1.52 bits per heavy atom. The molecule has 0 saturated carbocycles. The monoisotopic (exact) mass is 542 g/mol. The largest absolute Gasteiger partial charge is 0.493 e. The molecule has 7 nitrogen and oxygen atoms in total. The Labute approximate surface area is 236 Å². The Balaban J connectivity index is 1.54. The molecule has 2 aliphatic rings. The van der Waals surface area contributed by atoms with Gasteiger partial charge in [-0.1, -0.05) is 31.2 Å². The molecule has 3 aromatic carbocycles. The van der Waals surface area contributed by atoms with Crippen molar-refractivity contribution in [3.05, 3.63) is 83.1 Å². The van der Waals surface area contributed by atoms with Crippen molar-refractivity contribution in [1.82, 2.24) is 0 Å². The van der Waals surface area contributed by atoms with Gasteiger partial charge in [0.25, 0.3) is 0 Å². The summed E-state index contributed by atoms with van der Waals surface area (Å²) in [6.45, 7) is 6.66. The van der Waals surface area contributed by atoms with Crippen molar-refractivity contribution in [2.24, 2.45) is 0 Å². The SMILES string of the molecule is CCCOc1ccc(C2Nc3ccccc3NC3=C2C(=O)CC(c2ccc(OC(C)C)c(OC)c2)C3)cc1OC. The molecule has 2 atom stereocenters. The highest BCUT2D eigenvalue weighted by Gasteiger charge is 2.36. The number of methoxy groups -OCH3 is 2.